The molecule has 0 aliphatic carbocycles. The molecule has 0 aliphatic rings. The standard InChI is InChI=1S/C9H18N2O4/c1-6(5-7(10)8(12)13)3-4-15-9(14)11-2/h6-7H,3-5,10H2,1-2H3,(H,11,14)(H,12,13). The van der Waals surface area contributed by atoms with Gasteiger partial charge in [0.2, 0.25) is 0 Å². The van der Waals surface area contributed by atoms with Gasteiger partial charge in [0.1, 0.15) is 6.04 Å². The molecule has 0 fully saturated rings. The van der Waals surface area contributed by atoms with Crippen LogP contribution in [-0.4, -0.2) is 36.9 Å². The fourth-order valence-electron chi connectivity index (χ4n) is 1.08. The smallest absolute Gasteiger partial charge is 0.406 e. The summed E-state index contributed by atoms with van der Waals surface area (Å²) in [5.74, 6) is -0.894. The number of aliphatic carboxylic acids is 1. The van der Waals surface area contributed by atoms with Gasteiger partial charge in [0, 0.05) is 7.05 Å². The molecule has 0 rings (SSSR count). The third-order valence-corrected chi connectivity index (χ3v) is 2.02. The summed E-state index contributed by atoms with van der Waals surface area (Å²) in [6, 6.07) is -0.847. The summed E-state index contributed by atoms with van der Waals surface area (Å²) in [7, 11) is 1.48. The Morgan fingerprint density at radius 1 is 1.53 bits per heavy atom. The van der Waals surface area contributed by atoms with Crippen molar-refractivity contribution in [3.8, 4) is 0 Å². The lowest BCUT2D eigenvalue weighted by atomic mass is 9.99. The molecule has 0 bridgehead atoms. The summed E-state index contributed by atoms with van der Waals surface area (Å²) >= 11 is 0. The van der Waals surface area contributed by atoms with Crippen molar-refractivity contribution in [1.29, 1.82) is 0 Å². The lowest BCUT2D eigenvalue weighted by Crippen LogP contribution is -2.32. The first-order valence-corrected chi connectivity index (χ1v) is 4.80. The molecule has 2 atom stereocenters. The highest BCUT2D eigenvalue weighted by molar-refractivity contribution is 5.73. The van der Waals surface area contributed by atoms with E-state index in [4.69, 9.17) is 15.6 Å². The number of alkyl carbamates (subject to hydrolysis) is 1. The predicted molar refractivity (Wildman–Crippen MR) is 54.4 cm³/mol. The normalized spacial score (nSPS) is 14.1. The van der Waals surface area contributed by atoms with Crippen LogP contribution < -0.4 is 11.1 Å². The van der Waals surface area contributed by atoms with E-state index in [9.17, 15) is 9.59 Å². The third kappa shape index (κ3) is 6.73. The minimum Gasteiger partial charge on any atom is -0.480 e. The Balaban J connectivity index is 3.61. The quantitative estimate of drug-likeness (QED) is 0.590. The molecule has 0 spiro atoms. The highest BCUT2D eigenvalue weighted by Gasteiger charge is 2.15. The molecule has 0 aromatic rings. The fourth-order valence-corrected chi connectivity index (χ4v) is 1.08. The Morgan fingerprint density at radius 3 is 2.60 bits per heavy atom. The second kappa shape index (κ2) is 7.05. The molecule has 88 valence electrons. The van der Waals surface area contributed by atoms with Gasteiger partial charge in [0.05, 0.1) is 6.61 Å². The molecule has 0 aromatic heterocycles. The van der Waals surface area contributed by atoms with Crippen molar-refractivity contribution in [3.05, 3.63) is 0 Å². The average Bonchev–Trinajstić information content (AvgIpc) is 2.17. The van der Waals surface area contributed by atoms with Crippen LogP contribution in [0.1, 0.15) is 19.8 Å². The van der Waals surface area contributed by atoms with Gasteiger partial charge in [-0.15, -0.1) is 0 Å². The summed E-state index contributed by atoms with van der Waals surface area (Å²) in [6.45, 7) is 2.14. The first-order valence-electron chi connectivity index (χ1n) is 4.80. The van der Waals surface area contributed by atoms with E-state index in [0.717, 1.165) is 0 Å². The van der Waals surface area contributed by atoms with Crippen LogP contribution >= 0.6 is 0 Å². The summed E-state index contributed by atoms with van der Waals surface area (Å²) in [5.41, 5.74) is 5.36. The van der Waals surface area contributed by atoms with Crippen LogP contribution in [0.4, 0.5) is 4.79 Å². The monoisotopic (exact) mass is 218 g/mol. The second-order valence-electron chi connectivity index (χ2n) is 3.46. The largest absolute Gasteiger partial charge is 0.480 e. The maximum absolute atomic E-state index is 10.7. The average molecular weight is 218 g/mol. The Labute approximate surface area is 88.8 Å². The highest BCUT2D eigenvalue weighted by atomic mass is 16.5. The Hall–Kier alpha value is -1.30. The van der Waals surface area contributed by atoms with Gasteiger partial charge in [-0.25, -0.2) is 4.79 Å². The lowest BCUT2D eigenvalue weighted by molar-refractivity contribution is -0.138. The van der Waals surface area contributed by atoms with Gasteiger partial charge >= 0.3 is 12.1 Å². The van der Waals surface area contributed by atoms with E-state index >= 15 is 0 Å². The van der Waals surface area contributed by atoms with Crippen molar-refractivity contribution in [2.75, 3.05) is 13.7 Å². The lowest BCUT2D eigenvalue weighted by Gasteiger charge is -2.13. The van der Waals surface area contributed by atoms with Gasteiger partial charge in [0.15, 0.2) is 0 Å². The third-order valence-electron chi connectivity index (χ3n) is 2.02. The van der Waals surface area contributed by atoms with Gasteiger partial charge in [-0.3, -0.25) is 4.79 Å². The summed E-state index contributed by atoms with van der Waals surface area (Å²) in [5, 5.41) is 10.9. The van der Waals surface area contributed by atoms with Crippen molar-refractivity contribution in [2.24, 2.45) is 11.7 Å². The van der Waals surface area contributed by atoms with E-state index in [2.05, 4.69) is 5.32 Å². The van der Waals surface area contributed by atoms with Crippen molar-refractivity contribution >= 4 is 12.1 Å². The number of carbonyl (C=O) groups is 2. The second-order valence-corrected chi connectivity index (χ2v) is 3.46. The van der Waals surface area contributed by atoms with Crippen LogP contribution in [0.2, 0.25) is 0 Å². The fraction of sp³-hybridized carbons (Fsp3) is 0.778. The molecule has 15 heavy (non-hydrogen) atoms. The van der Waals surface area contributed by atoms with Gasteiger partial charge < -0.3 is 20.9 Å². The molecule has 4 N–H and O–H groups in total. The molecule has 0 saturated heterocycles. The maximum Gasteiger partial charge on any atom is 0.406 e. The Morgan fingerprint density at radius 2 is 2.13 bits per heavy atom. The first-order chi connectivity index (χ1) is 6.97. The van der Waals surface area contributed by atoms with E-state index in [1.54, 1.807) is 0 Å². The SMILES string of the molecule is CNC(=O)OCCC(C)CC(N)C(=O)O. The van der Waals surface area contributed by atoms with E-state index in [-0.39, 0.29) is 12.5 Å². The molecule has 1 amide bonds. The number of hydrogen-bond acceptors (Lipinski definition) is 4. The van der Waals surface area contributed by atoms with Gasteiger partial charge in [0.25, 0.3) is 0 Å². The van der Waals surface area contributed by atoms with Crippen LogP contribution in [0, 0.1) is 5.92 Å². The zero-order valence-electron chi connectivity index (χ0n) is 9.03. The molecule has 0 saturated carbocycles. The van der Waals surface area contributed by atoms with Gasteiger partial charge in [-0.05, 0) is 18.8 Å². The molecule has 2 unspecified atom stereocenters. The van der Waals surface area contributed by atoms with Crippen LogP contribution in [0.15, 0.2) is 0 Å². The Kier molecular flexibility index (Phi) is 6.44. The molecular weight excluding hydrogens is 200 g/mol. The number of carboxylic acids is 1. The van der Waals surface area contributed by atoms with Crippen LogP contribution in [0.5, 0.6) is 0 Å². The first kappa shape index (κ1) is 13.7. The Bertz CT molecular complexity index is 220. The van der Waals surface area contributed by atoms with Crippen LogP contribution in [-0.2, 0) is 9.53 Å². The molecule has 0 radical (unpaired) electrons. The minimum atomic E-state index is -1.01. The summed E-state index contributed by atoms with van der Waals surface area (Å²) < 4.78 is 4.77. The molecule has 6 heteroatoms. The van der Waals surface area contributed by atoms with Crippen molar-refractivity contribution in [1.82, 2.24) is 5.32 Å². The topological polar surface area (TPSA) is 102 Å². The number of carboxylic acid groups (broad SMARTS) is 1. The van der Waals surface area contributed by atoms with E-state index < -0.39 is 18.1 Å². The van der Waals surface area contributed by atoms with E-state index in [0.29, 0.717) is 12.8 Å². The molecule has 6 nitrogen and oxygen atoms in total. The molecule has 0 heterocycles. The number of nitrogens with one attached hydrogen (secondary N) is 1. The molecule has 0 aliphatic heterocycles. The van der Waals surface area contributed by atoms with E-state index in [1.165, 1.54) is 7.05 Å². The molecular formula is C9H18N2O4. The number of rotatable bonds is 6. The zero-order valence-corrected chi connectivity index (χ0v) is 9.03. The number of amides is 1. The minimum absolute atomic E-state index is 0.112. The number of hydrogen-bond donors (Lipinski definition) is 3. The number of carbonyl (C=O) groups excluding carboxylic acids is 1. The molecule has 0 aromatic carbocycles. The highest BCUT2D eigenvalue weighted by Crippen LogP contribution is 2.09. The van der Waals surface area contributed by atoms with Crippen LogP contribution in [0.3, 0.4) is 0 Å². The maximum atomic E-state index is 10.7. The van der Waals surface area contributed by atoms with Crippen LogP contribution in [0.25, 0.3) is 0 Å². The predicted octanol–water partition coefficient (Wildman–Crippen LogP) is 0.171. The van der Waals surface area contributed by atoms with Crippen molar-refractivity contribution in [2.45, 2.75) is 25.8 Å². The number of ether oxygens (including phenoxy) is 1. The van der Waals surface area contributed by atoms with Crippen molar-refractivity contribution < 1.29 is 19.4 Å². The van der Waals surface area contributed by atoms with E-state index in [1.807, 2.05) is 6.92 Å². The summed E-state index contributed by atoms with van der Waals surface area (Å²) in [6.07, 6.45) is 0.505. The van der Waals surface area contributed by atoms with Gasteiger partial charge in [-0.1, -0.05) is 6.92 Å². The van der Waals surface area contributed by atoms with Gasteiger partial charge in [-0.2, -0.15) is 0 Å². The summed E-state index contributed by atoms with van der Waals surface area (Å²) in [4.78, 5) is 21.1. The van der Waals surface area contributed by atoms with Crippen molar-refractivity contribution in [3.63, 3.8) is 0 Å². The number of nitrogens with two attached hydrogens (primary N) is 1. The zero-order chi connectivity index (χ0) is 11.8.